The zero-order valence-electron chi connectivity index (χ0n) is 31.6. The van der Waals surface area contributed by atoms with Gasteiger partial charge in [-0.3, -0.25) is 19.1 Å². The number of alkyl carbamates (subject to hydrolysis) is 1. The van der Waals surface area contributed by atoms with Gasteiger partial charge in [0.1, 0.15) is 40.9 Å². The first kappa shape index (κ1) is 37.4. The van der Waals surface area contributed by atoms with Gasteiger partial charge in [0.25, 0.3) is 5.91 Å². The third-order valence-corrected chi connectivity index (χ3v) is 14.0. The Labute approximate surface area is 330 Å². The van der Waals surface area contributed by atoms with Gasteiger partial charge in [-0.25, -0.2) is 18.2 Å². The number of allylic oxidation sites excluding steroid dienone is 1. The Morgan fingerprint density at radius 2 is 1.67 bits per heavy atom. The van der Waals surface area contributed by atoms with Gasteiger partial charge in [0.15, 0.2) is 11.3 Å². The van der Waals surface area contributed by atoms with Gasteiger partial charge < -0.3 is 29.4 Å². The van der Waals surface area contributed by atoms with Crippen molar-refractivity contribution in [2.45, 2.75) is 119 Å². The number of amides is 4. The molecule has 0 spiro atoms. The molecule has 4 fully saturated rings. The fraction of sp³-hybridized carbons (Fsp3) is 0.500. The van der Waals surface area contributed by atoms with E-state index in [1.807, 2.05) is 60.7 Å². The Morgan fingerprint density at radius 1 is 0.912 bits per heavy atom. The molecule has 1 saturated heterocycles. The molecule has 9 rings (SSSR count). The van der Waals surface area contributed by atoms with E-state index in [1.54, 1.807) is 0 Å². The van der Waals surface area contributed by atoms with Crippen molar-refractivity contribution in [3.8, 4) is 5.75 Å². The number of pyridine rings is 1. The van der Waals surface area contributed by atoms with Crippen LogP contribution < -0.4 is 20.1 Å². The standard InChI is InChI=1S/C42H47N5O9S/c48-38-33-22-27(54-36-29-15-8-10-17-31(29)43-35-30-16-9-11-19-34(30)56-37(35)36)24-47(33)39(49)32(44-41(51)55-26-13-6-7-14-26)18-5-3-1-2-4-12-25-23-42(25,45-38)40(50)46-57(52,53)28-20-21-28/h4,8-12,15-17,19,25-28,32-33H,1-3,5-7,13-14,18,20-24H2,(H,44,51)(H,45,48)(H,46,50)/b12-4-/t25-,27+,32-,33+,42-/m1/s1. The van der Waals surface area contributed by atoms with Crippen molar-refractivity contribution in [2.75, 3.05) is 6.54 Å². The molecule has 0 radical (unpaired) electrons. The molecule has 14 nitrogen and oxygen atoms in total. The van der Waals surface area contributed by atoms with E-state index in [1.165, 1.54) is 4.90 Å². The van der Waals surface area contributed by atoms with E-state index in [0.717, 1.165) is 43.9 Å². The maximum absolute atomic E-state index is 14.7. The average molecular weight is 798 g/mol. The summed E-state index contributed by atoms with van der Waals surface area (Å²) in [5, 5.41) is 6.63. The largest absolute Gasteiger partial charge is 0.484 e. The van der Waals surface area contributed by atoms with Crippen LogP contribution in [0.3, 0.4) is 0 Å². The molecule has 3 saturated carbocycles. The number of sulfonamides is 1. The molecule has 4 aromatic rings. The van der Waals surface area contributed by atoms with Crippen LogP contribution >= 0.6 is 0 Å². The zero-order chi connectivity index (χ0) is 39.3. The normalized spacial score (nSPS) is 27.9. The van der Waals surface area contributed by atoms with Crippen LogP contribution in [0.5, 0.6) is 5.75 Å². The zero-order valence-corrected chi connectivity index (χ0v) is 32.4. The van der Waals surface area contributed by atoms with E-state index >= 15 is 0 Å². The topological polar surface area (TPSA) is 186 Å². The molecule has 5 atom stereocenters. The van der Waals surface area contributed by atoms with Crippen molar-refractivity contribution in [3.63, 3.8) is 0 Å². The Hall–Kier alpha value is -5.18. The van der Waals surface area contributed by atoms with Gasteiger partial charge in [0.2, 0.25) is 21.8 Å². The van der Waals surface area contributed by atoms with Crippen molar-refractivity contribution in [2.24, 2.45) is 5.92 Å². The van der Waals surface area contributed by atoms with Crippen LogP contribution in [-0.2, 0) is 29.1 Å². The van der Waals surface area contributed by atoms with Gasteiger partial charge in [0.05, 0.1) is 17.3 Å². The summed E-state index contributed by atoms with van der Waals surface area (Å²) in [4.78, 5) is 62.7. The summed E-state index contributed by atoms with van der Waals surface area (Å²) < 4.78 is 46.9. The van der Waals surface area contributed by atoms with Crippen LogP contribution in [0.2, 0.25) is 0 Å². The van der Waals surface area contributed by atoms with Crippen molar-refractivity contribution in [1.29, 1.82) is 0 Å². The average Bonchev–Trinajstić information content (AvgIpc) is 4.01. The van der Waals surface area contributed by atoms with E-state index in [0.29, 0.717) is 65.4 Å². The second-order valence-corrected chi connectivity index (χ2v) is 18.2. The Morgan fingerprint density at radius 3 is 2.47 bits per heavy atom. The lowest BCUT2D eigenvalue weighted by Crippen LogP contribution is -2.58. The highest BCUT2D eigenvalue weighted by Crippen LogP contribution is 2.46. The molecule has 5 aliphatic rings. The van der Waals surface area contributed by atoms with E-state index < -0.39 is 68.7 Å². The van der Waals surface area contributed by atoms with Gasteiger partial charge in [-0.1, -0.05) is 49.3 Å². The second-order valence-electron chi connectivity index (χ2n) is 16.2. The number of ether oxygens (including phenoxy) is 2. The lowest BCUT2D eigenvalue weighted by molar-refractivity contribution is -0.141. The molecule has 3 N–H and O–H groups in total. The minimum absolute atomic E-state index is 0.0102. The maximum Gasteiger partial charge on any atom is 0.408 e. The lowest BCUT2D eigenvalue weighted by atomic mass is 10.0. The Balaban J connectivity index is 1.05. The number of aromatic nitrogens is 1. The summed E-state index contributed by atoms with van der Waals surface area (Å²) in [6.07, 6.45) is 10.2. The van der Waals surface area contributed by atoms with Gasteiger partial charge >= 0.3 is 6.09 Å². The van der Waals surface area contributed by atoms with Crippen molar-refractivity contribution in [3.05, 3.63) is 60.7 Å². The molecular weight excluding hydrogens is 751 g/mol. The van der Waals surface area contributed by atoms with Crippen molar-refractivity contribution >= 4 is 66.8 Å². The van der Waals surface area contributed by atoms with Crippen molar-refractivity contribution in [1.82, 2.24) is 25.2 Å². The van der Waals surface area contributed by atoms with E-state index in [9.17, 15) is 27.6 Å². The SMILES string of the molecule is O=C(N[C@@H]1CCCCC/C=C\[C@@H]2C[C@@]2(C(=O)NS(=O)(=O)C2CC2)NC(=O)[C@@H]2C[C@H](Oc3c4ccccc4nc4c3oc3ccccc34)CN2C1=O)OC1CCCC1. The number of benzene rings is 2. The number of para-hydroxylation sites is 2. The molecule has 0 bridgehead atoms. The molecule has 15 heteroatoms. The molecule has 2 aromatic carbocycles. The number of fused-ring (bicyclic) bond motifs is 6. The number of hydrogen-bond acceptors (Lipinski definition) is 10. The molecule has 2 aromatic heterocycles. The van der Waals surface area contributed by atoms with Crippen LogP contribution in [-0.4, -0.2) is 83.7 Å². The van der Waals surface area contributed by atoms with Gasteiger partial charge in [-0.15, -0.1) is 0 Å². The molecule has 57 heavy (non-hydrogen) atoms. The number of rotatable bonds is 7. The van der Waals surface area contributed by atoms with E-state index in [-0.39, 0.29) is 25.5 Å². The van der Waals surface area contributed by atoms with Gasteiger partial charge in [-0.2, -0.15) is 0 Å². The molecule has 0 unspecified atom stereocenters. The lowest BCUT2D eigenvalue weighted by Gasteiger charge is -2.30. The fourth-order valence-corrected chi connectivity index (χ4v) is 10.1. The van der Waals surface area contributed by atoms with Gasteiger partial charge in [0, 0.05) is 23.1 Å². The molecule has 4 heterocycles. The Bertz CT molecular complexity index is 2390. The quantitative estimate of drug-likeness (QED) is 0.201. The molecule has 4 amide bonds. The predicted octanol–water partition coefficient (Wildman–Crippen LogP) is 5.52. The maximum atomic E-state index is 14.7. The number of carbonyl (C=O) groups excluding carboxylic acids is 4. The van der Waals surface area contributed by atoms with E-state index in [4.69, 9.17) is 18.9 Å². The highest BCUT2D eigenvalue weighted by atomic mass is 32.2. The predicted molar refractivity (Wildman–Crippen MR) is 211 cm³/mol. The number of furan rings is 1. The third-order valence-electron chi connectivity index (χ3n) is 12.2. The fourth-order valence-electron chi connectivity index (χ4n) is 8.77. The summed E-state index contributed by atoms with van der Waals surface area (Å²) >= 11 is 0. The second kappa shape index (κ2) is 15.0. The molecular formula is C42H47N5O9S. The monoisotopic (exact) mass is 797 g/mol. The summed E-state index contributed by atoms with van der Waals surface area (Å²) in [6, 6.07) is 13.0. The number of carbonyl (C=O) groups is 4. The first-order valence-electron chi connectivity index (χ1n) is 20.3. The minimum atomic E-state index is -3.90. The van der Waals surface area contributed by atoms with Crippen molar-refractivity contribution < 1.29 is 41.5 Å². The number of hydrogen-bond donors (Lipinski definition) is 3. The molecule has 3 aliphatic carbocycles. The highest BCUT2D eigenvalue weighted by molar-refractivity contribution is 7.91. The minimum Gasteiger partial charge on any atom is -0.484 e. The molecule has 2 aliphatic heterocycles. The summed E-state index contributed by atoms with van der Waals surface area (Å²) in [7, 11) is -3.90. The van der Waals surface area contributed by atoms with Crippen LogP contribution in [0.25, 0.3) is 33.0 Å². The Kier molecular flexibility index (Phi) is 9.82. The summed E-state index contributed by atoms with van der Waals surface area (Å²) in [5.41, 5.74) is 0.860. The summed E-state index contributed by atoms with van der Waals surface area (Å²) in [6.45, 7) is -0.0102. The third kappa shape index (κ3) is 7.41. The van der Waals surface area contributed by atoms with Crippen LogP contribution in [0.1, 0.15) is 83.5 Å². The smallest absolute Gasteiger partial charge is 0.408 e. The number of nitrogens with one attached hydrogen (secondary N) is 3. The van der Waals surface area contributed by atoms with E-state index in [2.05, 4.69) is 15.4 Å². The molecule has 300 valence electrons. The first-order valence-corrected chi connectivity index (χ1v) is 21.8. The van der Waals surface area contributed by atoms with Crippen LogP contribution in [0.15, 0.2) is 65.1 Å². The first-order chi connectivity index (χ1) is 27.6. The van der Waals surface area contributed by atoms with Crippen LogP contribution in [0, 0.1) is 5.92 Å². The summed E-state index contributed by atoms with van der Waals surface area (Å²) in [5.74, 6) is -1.86. The highest BCUT2D eigenvalue weighted by Gasteiger charge is 2.62. The van der Waals surface area contributed by atoms with Crippen LogP contribution in [0.4, 0.5) is 4.79 Å². The van der Waals surface area contributed by atoms with Gasteiger partial charge in [-0.05, 0) is 88.5 Å². The number of nitrogens with zero attached hydrogens (tertiary/aromatic N) is 2.